The number of methoxy groups -OCH3 is 1. The zero-order valence-electron chi connectivity index (χ0n) is 34.0. The first kappa shape index (κ1) is 42.1. The van der Waals surface area contributed by atoms with Crippen molar-refractivity contribution in [1.29, 1.82) is 0 Å². The van der Waals surface area contributed by atoms with Gasteiger partial charge in [-0.2, -0.15) is 5.10 Å². The maximum atomic E-state index is 14.3. The molecule has 1 aliphatic heterocycles. The van der Waals surface area contributed by atoms with Crippen LogP contribution >= 0.6 is 7.82 Å². The number of likely N-dealkylation sites (tertiary alicyclic amines) is 1. The van der Waals surface area contributed by atoms with Gasteiger partial charge in [-0.3, -0.25) is 19.1 Å². The van der Waals surface area contributed by atoms with Crippen LogP contribution in [0.4, 0.5) is 4.79 Å². The Hall–Kier alpha value is -6.06. The van der Waals surface area contributed by atoms with Gasteiger partial charge in [0.15, 0.2) is 17.1 Å². The number of amides is 1. The Morgan fingerprint density at radius 3 is 2.42 bits per heavy atom. The third-order valence-corrected chi connectivity index (χ3v) is 11.7. The Labute approximate surface area is 346 Å². The molecule has 1 atom stereocenters. The van der Waals surface area contributed by atoms with Crippen LogP contribution in [0.25, 0.3) is 27.8 Å². The monoisotopic (exact) mass is 838 g/mol. The standard InChI is InChI=1S/C43H47N6O10P/c1-26(2)39-33-19-31(30-15-17-47(18-16-30)22-38(44)50)11-13-35(33)49(40(39)34-21-48-41(45-24-46-48)28(4)27(34)3)43(52)57-25-56-42(51)32-12-14-36(37(20-32)55-5)59-60(53,54)58-23-29-9-7-6-8-10-29/h6-14,19-21,24,26,30H,15-18,22-23,25H2,1-5H3,(H2,44,50)(H,53,54). The molecule has 7 rings (SSSR count). The first-order valence-corrected chi connectivity index (χ1v) is 21.0. The number of nitrogens with two attached hydrogens (primary N) is 1. The predicted octanol–water partition coefficient (Wildman–Crippen LogP) is 7.26. The van der Waals surface area contributed by atoms with Crippen molar-refractivity contribution in [3.05, 3.63) is 113 Å². The minimum absolute atomic E-state index is 0.00245. The quantitative estimate of drug-likeness (QED) is 0.0632. The summed E-state index contributed by atoms with van der Waals surface area (Å²) in [5.41, 5.74) is 12.7. The Bertz CT molecular complexity index is 2620. The smallest absolute Gasteiger partial charge is 0.493 e. The summed E-state index contributed by atoms with van der Waals surface area (Å²) >= 11 is 0. The molecular formula is C43H47N6O10P. The number of esters is 1. The number of benzene rings is 3. The highest BCUT2D eigenvalue weighted by Crippen LogP contribution is 2.48. The van der Waals surface area contributed by atoms with Gasteiger partial charge < -0.3 is 24.5 Å². The molecule has 1 fully saturated rings. The Kier molecular flexibility index (Phi) is 12.4. The van der Waals surface area contributed by atoms with Crippen LogP contribution in [0, 0.1) is 13.8 Å². The van der Waals surface area contributed by atoms with Gasteiger partial charge in [-0.25, -0.2) is 28.2 Å². The van der Waals surface area contributed by atoms with Crippen LogP contribution in [-0.2, 0) is 30.0 Å². The first-order chi connectivity index (χ1) is 28.7. The predicted molar refractivity (Wildman–Crippen MR) is 222 cm³/mol. The molecule has 0 bridgehead atoms. The van der Waals surface area contributed by atoms with E-state index in [9.17, 15) is 23.8 Å². The van der Waals surface area contributed by atoms with Crippen LogP contribution in [0.15, 0.2) is 79.3 Å². The van der Waals surface area contributed by atoms with E-state index in [-0.39, 0.29) is 48.0 Å². The summed E-state index contributed by atoms with van der Waals surface area (Å²) in [4.78, 5) is 55.9. The number of rotatable bonds is 14. The molecule has 314 valence electrons. The van der Waals surface area contributed by atoms with Crippen molar-refractivity contribution in [3.63, 3.8) is 0 Å². The van der Waals surface area contributed by atoms with E-state index in [1.165, 1.54) is 36.2 Å². The summed E-state index contributed by atoms with van der Waals surface area (Å²) in [5, 5.41) is 5.29. The van der Waals surface area contributed by atoms with Gasteiger partial charge in [0.2, 0.25) is 12.7 Å². The number of fused-ring (bicyclic) bond motifs is 2. The van der Waals surface area contributed by atoms with Gasteiger partial charge in [0, 0.05) is 17.1 Å². The highest BCUT2D eigenvalue weighted by molar-refractivity contribution is 7.47. The van der Waals surface area contributed by atoms with Gasteiger partial charge in [-0.15, -0.1) is 0 Å². The number of phosphoric ester groups is 1. The summed E-state index contributed by atoms with van der Waals surface area (Å²) in [6.07, 6.45) is 4.27. The van der Waals surface area contributed by atoms with E-state index in [1.54, 1.807) is 28.8 Å². The van der Waals surface area contributed by atoms with Crippen LogP contribution in [0.1, 0.15) is 76.7 Å². The average molecular weight is 839 g/mol. The SMILES string of the molecule is COc1cc(C(=O)OCOC(=O)n2c(-c3cn4ncnc4c(C)c3C)c(C(C)C)c3cc(C4CCN(CC(N)=O)CC4)ccc32)ccc1OP(=O)(O)OCc1ccccc1. The van der Waals surface area contributed by atoms with E-state index in [0.29, 0.717) is 22.4 Å². The van der Waals surface area contributed by atoms with Gasteiger partial charge in [-0.1, -0.05) is 50.2 Å². The number of hydrogen-bond donors (Lipinski definition) is 2. The molecule has 0 radical (unpaired) electrons. The van der Waals surface area contributed by atoms with Crippen molar-refractivity contribution >= 4 is 42.3 Å². The number of aromatic nitrogens is 4. The second kappa shape index (κ2) is 17.7. The van der Waals surface area contributed by atoms with Crippen LogP contribution in [-0.4, -0.2) is 80.5 Å². The molecule has 1 saturated heterocycles. The lowest BCUT2D eigenvalue weighted by molar-refractivity contribution is -0.119. The summed E-state index contributed by atoms with van der Waals surface area (Å²) in [6, 6.07) is 18.8. The van der Waals surface area contributed by atoms with Crippen molar-refractivity contribution in [2.24, 2.45) is 5.73 Å². The van der Waals surface area contributed by atoms with Crippen LogP contribution < -0.4 is 15.0 Å². The fraction of sp³-hybridized carbons (Fsp3) is 0.326. The zero-order chi connectivity index (χ0) is 42.7. The molecule has 1 unspecified atom stereocenters. The third-order valence-electron chi connectivity index (χ3n) is 10.8. The number of pyridine rings is 1. The Morgan fingerprint density at radius 1 is 0.967 bits per heavy atom. The van der Waals surface area contributed by atoms with Crippen molar-refractivity contribution in [2.45, 2.75) is 59.0 Å². The molecule has 1 amide bonds. The molecule has 3 N–H and O–H groups in total. The Balaban J connectivity index is 1.14. The molecule has 4 heterocycles. The van der Waals surface area contributed by atoms with Crippen molar-refractivity contribution in [1.82, 2.24) is 24.1 Å². The number of aryl methyl sites for hydroxylation is 1. The number of primary amides is 1. The number of ether oxygens (including phenoxy) is 3. The lowest BCUT2D eigenvalue weighted by Crippen LogP contribution is -2.39. The fourth-order valence-corrected chi connectivity index (χ4v) is 8.51. The van der Waals surface area contributed by atoms with E-state index < -0.39 is 26.7 Å². The molecule has 6 aromatic rings. The molecule has 0 spiro atoms. The van der Waals surface area contributed by atoms with Gasteiger partial charge in [0.1, 0.15) is 6.33 Å². The molecule has 0 aliphatic carbocycles. The van der Waals surface area contributed by atoms with E-state index in [0.717, 1.165) is 59.1 Å². The highest BCUT2D eigenvalue weighted by atomic mass is 31.2. The van der Waals surface area contributed by atoms with Crippen molar-refractivity contribution < 1.29 is 47.1 Å². The van der Waals surface area contributed by atoms with Crippen molar-refractivity contribution in [3.8, 4) is 22.8 Å². The summed E-state index contributed by atoms with van der Waals surface area (Å²) in [7, 11) is -3.27. The number of piperidine rings is 1. The van der Waals surface area contributed by atoms with E-state index in [4.69, 9.17) is 29.0 Å². The lowest BCUT2D eigenvalue weighted by Gasteiger charge is -2.31. The van der Waals surface area contributed by atoms with Crippen LogP contribution in [0.3, 0.4) is 0 Å². The maximum Gasteiger partial charge on any atom is 0.527 e. The number of hydrogen-bond acceptors (Lipinski definition) is 12. The van der Waals surface area contributed by atoms with E-state index in [1.807, 2.05) is 38.2 Å². The normalized spacial score (nSPS) is 14.7. The molecule has 60 heavy (non-hydrogen) atoms. The third kappa shape index (κ3) is 8.92. The minimum Gasteiger partial charge on any atom is -0.493 e. The molecule has 1 aliphatic rings. The Morgan fingerprint density at radius 2 is 1.72 bits per heavy atom. The number of carbonyl (C=O) groups excluding carboxylic acids is 3. The number of phosphoric acid groups is 1. The van der Waals surface area contributed by atoms with Gasteiger partial charge in [-0.05, 0) is 110 Å². The molecule has 3 aromatic carbocycles. The molecule has 16 nitrogen and oxygen atoms in total. The molecule has 3 aromatic heterocycles. The van der Waals surface area contributed by atoms with E-state index >= 15 is 0 Å². The van der Waals surface area contributed by atoms with Crippen molar-refractivity contribution in [2.75, 3.05) is 33.5 Å². The number of nitrogens with zero attached hydrogens (tertiary/aromatic N) is 5. The first-order valence-electron chi connectivity index (χ1n) is 19.5. The molecule has 17 heteroatoms. The van der Waals surface area contributed by atoms with Gasteiger partial charge >= 0.3 is 19.9 Å². The van der Waals surface area contributed by atoms with Gasteiger partial charge in [0.25, 0.3) is 0 Å². The van der Waals surface area contributed by atoms with Gasteiger partial charge in [0.05, 0.1) is 37.0 Å². The summed E-state index contributed by atoms with van der Waals surface area (Å²) in [5.74, 6) is -1.16. The molecule has 0 saturated carbocycles. The average Bonchev–Trinajstić information content (AvgIpc) is 3.84. The maximum absolute atomic E-state index is 14.3. The second-order valence-corrected chi connectivity index (χ2v) is 16.4. The highest BCUT2D eigenvalue weighted by Gasteiger charge is 2.30. The number of carbonyl (C=O) groups is 3. The zero-order valence-corrected chi connectivity index (χ0v) is 34.9. The minimum atomic E-state index is -4.58. The van der Waals surface area contributed by atoms with E-state index in [2.05, 4.69) is 34.9 Å². The summed E-state index contributed by atoms with van der Waals surface area (Å²) in [6.45, 7) is 8.91. The fourth-order valence-electron chi connectivity index (χ4n) is 7.74. The lowest BCUT2D eigenvalue weighted by atomic mass is 9.87. The topological polar surface area (TPSA) is 199 Å². The second-order valence-electron chi connectivity index (χ2n) is 15.0. The van der Waals surface area contributed by atoms with Crippen LogP contribution in [0.5, 0.6) is 11.5 Å². The molecular weight excluding hydrogens is 791 g/mol. The summed E-state index contributed by atoms with van der Waals surface area (Å²) < 4.78 is 42.7. The largest absolute Gasteiger partial charge is 0.527 e. The van der Waals surface area contributed by atoms with Crippen LogP contribution in [0.2, 0.25) is 0 Å².